The van der Waals surface area contributed by atoms with Gasteiger partial charge in [0.25, 0.3) is 5.69 Å². The second kappa shape index (κ2) is 8.83. The van der Waals surface area contributed by atoms with Gasteiger partial charge in [0.1, 0.15) is 11.4 Å². The van der Waals surface area contributed by atoms with Crippen LogP contribution in [0.1, 0.15) is 19.4 Å². The van der Waals surface area contributed by atoms with Gasteiger partial charge >= 0.3 is 0 Å². The summed E-state index contributed by atoms with van der Waals surface area (Å²) in [6, 6.07) is 10.6. The normalized spacial score (nSPS) is 11.5. The van der Waals surface area contributed by atoms with Gasteiger partial charge in [0.05, 0.1) is 9.82 Å². The van der Waals surface area contributed by atoms with Crippen molar-refractivity contribution in [3.63, 3.8) is 0 Å². The third-order valence-corrected chi connectivity index (χ3v) is 6.22. The molecule has 0 heterocycles. The van der Waals surface area contributed by atoms with Gasteiger partial charge in [0.2, 0.25) is 10.0 Å². The Hall–Kier alpha value is -2.65. The van der Waals surface area contributed by atoms with Crippen LogP contribution in [0, 0.1) is 10.1 Å². The highest BCUT2D eigenvalue weighted by atomic mass is 32.2. The second-order valence-electron chi connectivity index (χ2n) is 5.87. The fourth-order valence-electron chi connectivity index (χ4n) is 2.69. The molecule has 0 spiro atoms. The SMILES string of the molecule is CCN(CC)S(=O)(=O)c1ccc(NCCc2ccc(O)cc2)c([N+](=O)[O-])c1. The quantitative estimate of drug-likeness (QED) is 0.500. The lowest BCUT2D eigenvalue weighted by Gasteiger charge is -2.18. The number of sulfonamides is 1. The molecule has 0 saturated carbocycles. The van der Waals surface area contributed by atoms with Crippen molar-refractivity contribution in [1.82, 2.24) is 4.31 Å². The van der Waals surface area contributed by atoms with Crippen LogP contribution in [0.5, 0.6) is 5.75 Å². The summed E-state index contributed by atoms with van der Waals surface area (Å²) in [5.74, 6) is 0.173. The van der Waals surface area contributed by atoms with E-state index in [0.29, 0.717) is 26.1 Å². The molecule has 0 saturated heterocycles. The summed E-state index contributed by atoms with van der Waals surface area (Å²) >= 11 is 0. The van der Waals surface area contributed by atoms with Gasteiger partial charge in [-0.15, -0.1) is 0 Å². The number of nitro groups is 1. The maximum Gasteiger partial charge on any atom is 0.293 e. The van der Waals surface area contributed by atoms with Crippen LogP contribution in [0.25, 0.3) is 0 Å². The molecule has 0 aromatic heterocycles. The third-order valence-electron chi connectivity index (χ3n) is 4.17. The minimum atomic E-state index is -3.76. The van der Waals surface area contributed by atoms with Crippen molar-refractivity contribution in [3.8, 4) is 5.75 Å². The molecular weight excluding hydrogens is 370 g/mol. The number of hydrogen-bond acceptors (Lipinski definition) is 6. The standard InChI is InChI=1S/C18H23N3O5S/c1-3-20(4-2)27(25,26)16-9-10-17(18(13-16)21(23)24)19-12-11-14-5-7-15(22)8-6-14/h5-10,13,19,22H,3-4,11-12H2,1-2H3. The number of benzene rings is 2. The van der Waals surface area contributed by atoms with Crippen LogP contribution in [0.15, 0.2) is 47.4 Å². The van der Waals surface area contributed by atoms with Crippen LogP contribution in [-0.4, -0.2) is 42.4 Å². The zero-order valence-electron chi connectivity index (χ0n) is 15.3. The monoisotopic (exact) mass is 393 g/mol. The Morgan fingerprint density at radius 2 is 1.74 bits per heavy atom. The molecular formula is C18H23N3O5S. The van der Waals surface area contributed by atoms with Crippen molar-refractivity contribution in [1.29, 1.82) is 0 Å². The molecule has 0 aliphatic carbocycles. The molecule has 2 aromatic carbocycles. The molecule has 0 aliphatic rings. The van der Waals surface area contributed by atoms with E-state index in [1.807, 2.05) is 0 Å². The van der Waals surface area contributed by atoms with E-state index in [4.69, 9.17) is 0 Å². The highest BCUT2D eigenvalue weighted by molar-refractivity contribution is 7.89. The summed E-state index contributed by atoms with van der Waals surface area (Å²) in [6.07, 6.45) is 0.594. The maximum absolute atomic E-state index is 12.6. The Morgan fingerprint density at radius 1 is 1.11 bits per heavy atom. The summed E-state index contributed by atoms with van der Waals surface area (Å²) in [7, 11) is -3.76. The lowest BCUT2D eigenvalue weighted by molar-refractivity contribution is -0.384. The van der Waals surface area contributed by atoms with Gasteiger partial charge in [0, 0.05) is 25.7 Å². The molecule has 0 fully saturated rings. The number of nitro benzene ring substituents is 1. The number of rotatable bonds is 9. The highest BCUT2D eigenvalue weighted by Crippen LogP contribution is 2.29. The van der Waals surface area contributed by atoms with Gasteiger partial charge in [-0.3, -0.25) is 10.1 Å². The van der Waals surface area contributed by atoms with Gasteiger partial charge in [-0.1, -0.05) is 26.0 Å². The smallest absolute Gasteiger partial charge is 0.293 e. The average molecular weight is 393 g/mol. The fourth-order valence-corrected chi connectivity index (χ4v) is 4.17. The summed E-state index contributed by atoms with van der Waals surface area (Å²) < 4.78 is 26.4. The van der Waals surface area contributed by atoms with Crippen LogP contribution < -0.4 is 5.32 Å². The van der Waals surface area contributed by atoms with Crippen molar-refractivity contribution in [2.24, 2.45) is 0 Å². The summed E-state index contributed by atoms with van der Waals surface area (Å²) in [4.78, 5) is 10.7. The van der Waals surface area contributed by atoms with Gasteiger partial charge in [-0.25, -0.2) is 8.42 Å². The predicted octanol–water partition coefficient (Wildman–Crippen LogP) is 2.99. The molecule has 0 bridgehead atoms. The molecule has 2 aromatic rings. The number of nitrogens with zero attached hydrogens (tertiary/aromatic N) is 2. The molecule has 146 valence electrons. The van der Waals surface area contributed by atoms with Crippen LogP contribution in [0.4, 0.5) is 11.4 Å². The molecule has 0 amide bonds. The van der Waals surface area contributed by atoms with E-state index in [0.717, 1.165) is 11.6 Å². The Labute approximate surface area is 158 Å². The Kier molecular flexibility index (Phi) is 6.75. The first-order valence-corrected chi connectivity index (χ1v) is 10.0. The molecule has 2 N–H and O–H groups in total. The number of nitrogens with one attached hydrogen (secondary N) is 1. The van der Waals surface area contributed by atoms with Crippen molar-refractivity contribution in [3.05, 3.63) is 58.1 Å². The minimum absolute atomic E-state index is 0.0954. The number of phenols is 1. The van der Waals surface area contributed by atoms with Crippen molar-refractivity contribution < 1.29 is 18.4 Å². The first kappa shape index (κ1) is 20.7. The molecule has 2 rings (SSSR count). The third kappa shape index (κ3) is 4.95. The highest BCUT2D eigenvalue weighted by Gasteiger charge is 2.25. The lowest BCUT2D eigenvalue weighted by Crippen LogP contribution is -2.30. The fraction of sp³-hybridized carbons (Fsp3) is 0.333. The van der Waals surface area contributed by atoms with Crippen LogP contribution >= 0.6 is 0 Å². The van der Waals surface area contributed by atoms with Crippen molar-refractivity contribution in [2.75, 3.05) is 25.0 Å². The van der Waals surface area contributed by atoms with Crippen LogP contribution in [0.3, 0.4) is 0 Å². The molecule has 0 unspecified atom stereocenters. The molecule has 0 aliphatic heterocycles. The molecule has 8 nitrogen and oxygen atoms in total. The summed E-state index contributed by atoms with van der Waals surface area (Å²) in [5, 5.41) is 23.7. The van der Waals surface area contributed by atoms with E-state index in [2.05, 4.69) is 5.32 Å². The predicted molar refractivity (Wildman–Crippen MR) is 104 cm³/mol. The second-order valence-corrected chi connectivity index (χ2v) is 7.81. The van der Waals surface area contributed by atoms with E-state index < -0.39 is 14.9 Å². The zero-order valence-corrected chi connectivity index (χ0v) is 16.1. The van der Waals surface area contributed by atoms with E-state index in [-0.39, 0.29) is 22.0 Å². The molecule has 27 heavy (non-hydrogen) atoms. The number of aromatic hydroxyl groups is 1. The first-order valence-electron chi connectivity index (χ1n) is 8.60. The van der Waals surface area contributed by atoms with Crippen molar-refractivity contribution >= 4 is 21.4 Å². The van der Waals surface area contributed by atoms with E-state index in [1.165, 1.54) is 16.4 Å². The summed E-state index contributed by atoms with van der Waals surface area (Å²) in [6.45, 7) is 4.44. The lowest BCUT2D eigenvalue weighted by atomic mass is 10.1. The molecule has 0 radical (unpaired) electrons. The Balaban J connectivity index is 2.20. The topological polar surface area (TPSA) is 113 Å². The van der Waals surface area contributed by atoms with E-state index in [9.17, 15) is 23.6 Å². The van der Waals surface area contributed by atoms with E-state index >= 15 is 0 Å². The molecule has 0 atom stereocenters. The zero-order chi connectivity index (χ0) is 20.0. The minimum Gasteiger partial charge on any atom is -0.508 e. The summed E-state index contributed by atoms with van der Waals surface area (Å²) in [5.41, 5.74) is 0.940. The van der Waals surface area contributed by atoms with Crippen molar-refractivity contribution in [2.45, 2.75) is 25.2 Å². The van der Waals surface area contributed by atoms with Crippen LogP contribution in [-0.2, 0) is 16.4 Å². The number of anilines is 1. The van der Waals surface area contributed by atoms with Gasteiger partial charge in [0.15, 0.2) is 0 Å². The first-order chi connectivity index (χ1) is 12.8. The number of phenolic OH excluding ortho intramolecular Hbond substituents is 1. The largest absolute Gasteiger partial charge is 0.508 e. The number of hydrogen-bond donors (Lipinski definition) is 2. The Morgan fingerprint density at radius 3 is 2.30 bits per heavy atom. The Bertz CT molecular complexity index is 894. The van der Waals surface area contributed by atoms with E-state index in [1.54, 1.807) is 38.1 Å². The molecule has 9 heteroatoms. The van der Waals surface area contributed by atoms with Gasteiger partial charge in [-0.2, -0.15) is 4.31 Å². The van der Waals surface area contributed by atoms with Gasteiger partial charge < -0.3 is 10.4 Å². The van der Waals surface area contributed by atoms with Crippen LogP contribution in [0.2, 0.25) is 0 Å². The van der Waals surface area contributed by atoms with Gasteiger partial charge in [-0.05, 0) is 36.2 Å². The maximum atomic E-state index is 12.6. The average Bonchev–Trinajstić information content (AvgIpc) is 2.64.